The Bertz CT molecular complexity index is 5200. The number of fused-ring (bicyclic) bond motifs is 20. The predicted molar refractivity (Wildman–Crippen MR) is 481 cm³/mol. The van der Waals surface area contributed by atoms with Crippen molar-refractivity contribution < 1.29 is 17.1 Å². The molecule has 17 heteroatoms. The van der Waals surface area contributed by atoms with E-state index in [-0.39, 0.29) is 17.1 Å². The van der Waals surface area contributed by atoms with Gasteiger partial charge >= 0.3 is 17.1 Å². The minimum absolute atomic E-state index is 0. The van der Waals surface area contributed by atoms with Crippen LogP contribution in [0.5, 0.6) is 0 Å². The Morgan fingerprint density at radius 2 is 0.336 bits per heavy atom. The maximum Gasteiger partial charge on any atom is 2.00 e. The second-order valence-electron chi connectivity index (χ2n) is 27.5. The van der Waals surface area contributed by atoms with Gasteiger partial charge in [0, 0.05) is 130 Å². The average Bonchev–Trinajstić information content (AvgIpc) is 1.59. The second kappa shape index (κ2) is 38.6. The molecule has 563 valence electrons. The maximum absolute atomic E-state index is 5.78. The largest absolute Gasteiger partial charge is 2.00 e. The van der Waals surface area contributed by atoms with Crippen LogP contribution in [0.1, 0.15) is 44.5 Å². The molecule has 2 aliphatic heterocycles. The zero-order valence-electron chi connectivity index (χ0n) is 62.2. The molecule has 0 unspecified atom stereocenters. The molecule has 0 aliphatic carbocycles. The molecule has 0 saturated heterocycles. The van der Waals surface area contributed by atoms with Gasteiger partial charge in [-0.3, -0.25) is 0 Å². The molecule has 2 aliphatic rings. The van der Waals surface area contributed by atoms with E-state index < -0.39 is 0 Å². The number of aryl methyl sites for hydroxylation is 8. The molecule has 0 spiro atoms. The Balaban J connectivity index is 0.00000964. The first-order valence-electron chi connectivity index (χ1n) is 38.3. The molecular formula is C96H80CuN8S8. The molecule has 113 heavy (non-hydrogen) atoms. The molecule has 0 amide bonds. The predicted octanol–water partition coefficient (Wildman–Crippen LogP) is 24.8. The van der Waals surface area contributed by atoms with Gasteiger partial charge in [0.25, 0.3) is 0 Å². The standard InChI is InChI=1S/C96H80N8S8.Cu/c1-9-25-65(26-10-1)41-49-105-81-57-73-74(58-82(81)106-50-42-66-27-11-2-12-28-66)90-97-89(73)101-91-75-59-83(107-51-43-67-29-13-3-14-30-67)84(108-52-44-68-31-15-4-16-32-68)60-76(75)93(98-91)103-95-79-63-87(111-55-47-71-37-21-7-22-38-71)88(112-56-48-72-39-23-8-24-40-72)64-80(79)96(100-95)104-94-78-62-86(110-54-46-70-35-19-6-20-36-70)85(61-77(78)92(99-94)102-90)109-53-45-69-33-17-5-18-34-69;/h1-40,57-64H,41-56H2;/q-2;+2. The van der Waals surface area contributed by atoms with Crippen LogP contribution in [0.3, 0.4) is 0 Å². The van der Waals surface area contributed by atoms with E-state index >= 15 is 0 Å². The van der Waals surface area contributed by atoms with E-state index in [1.165, 1.54) is 83.7 Å². The van der Waals surface area contributed by atoms with Crippen LogP contribution in [0, 0.1) is 0 Å². The summed E-state index contributed by atoms with van der Waals surface area (Å²) in [6, 6.07) is 105. The summed E-state index contributed by atoms with van der Waals surface area (Å²) in [5, 5.41) is 3.59. The molecular weight excluding hydrogens is 1590 g/mol. The third kappa shape index (κ3) is 19.8. The summed E-state index contributed by atoms with van der Waals surface area (Å²) >= 11 is 15.1. The molecule has 0 atom stereocenters. The van der Waals surface area contributed by atoms with Gasteiger partial charge in [0.05, 0.1) is 23.3 Å². The van der Waals surface area contributed by atoms with Crippen molar-refractivity contribution in [1.29, 1.82) is 0 Å². The molecule has 0 N–H and O–H groups in total. The number of rotatable bonds is 32. The normalized spacial score (nSPS) is 11.6. The monoisotopic (exact) mass is 1660 g/mol. The number of thioether (sulfide) groups is 8. The van der Waals surface area contributed by atoms with Crippen molar-refractivity contribution in [2.24, 2.45) is 0 Å². The first-order chi connectivity index (χ1) is 55.5. The van der Waals surface area contributed by atoms with Crippen LogP contribution in [0.4, 0.5) is 0 Å². The third-order valence-corrected chi connectivity index (χ3v) is 28.9. The number of aromatic nitrogens is 8. The van der Waals surface area contributed by atoms with Crippen molar-refractivity contribution in [2.75, 3.05) is 46.0 Å². The first-order valence-corrected chi connectivity index (χ1v) is 46.1. The zero-order valence-corrected chi connectivity index (χ0v) is 69.6. The first kappa shape index (κ1) is 78.2. The Morgan fingerprint density at radius 3 is 0.496 bits per heavy atom. The number of benzene rings is 12. The van der Waals surface area contributed by atoms with Gasteiger partial charge in [-0.15, -0.1) is 94.1 Å². The van der Waals surface area contributed by atoms with Gasteiger partial charge in [-0.25, -0.2) is 9.97 Å². The molecule has 5 heterocycles. The van der Waals surface area contributed by atoms with E-state index in [0.717, 1.165) is 141 Å². The quantitative estimate of drug-likeness (QED) is 0.0295. The maximum atomic E-state index is 5.78. The van der Waals surface area contributed by atoms with E-state index in [1.54, 1.807) is 0 Å². The van der Waals surface area contributed by atoms with E-state index in [9.17, 15) is 0 Å². The van der Waals surface area contributed by atoms with E-state index in [4.69, 9.17) is 39.9 Å². The molecule has 3 aromatic heterocycles. The van der Waals surface area contributed by atoms with Crippen LogP contribution in [-0.2, 0) is 68.4 Å². The Kier molecular flexibility index (Phi) is 26.7. The Morgan fingerprint density at radius 1 is 0.186 bits per heavy atom. The van der Waals surface area contributed by atoms with Gasteiger partial charge in [0.2, 0.25) is 0 Å². The van der Waals surface area contributed by atoms with E-state index in [1.807, 2.05) is 94.1 Å². The summed E-state index contributed by atoms with van der Waals surface area (Å²) in [5.74, 6) is 9.27. The average molecular weight is 1670 g/mol. The van der Waals surface area contributed by atoms with Crippen LogP contribution in [0.15, 0.2) is 330 Å². The molecule has 0 saturated carbocycles. The number of hydrogen-bond donors (Lipinski definition) is 0. The molecule has 12 aromatic carbocycles. The van der Waals surface area contributed by atoms with E-state index in [2.05, 4.69) is 291 Å². The van der Waals surface area contributed by atoms with Gasteiger partial charge in [0.1, 0.15) is 0 Å². The van der Waals surface area contributed by atoms with Gasteiger partial charge in [-0.1, -0.05) is 243 Å². The molecule has 0 fully saturated rings. The van der Waals surface area contributed by atoms with Gasteiger partial charge in [-0.2, -0.15) is 0 Å². The number of nitrogens with zero attached hydrogens (tertiary/aromatic N) is 8. The van der Waals surface area contributed by atoms with Crippen molar-refractivity contribution in [3.8, 4) is 45.6 Å². The van der Waals surface area contributed by atoms with E-state index in [0.29, 0.717) is 45.9 Å². The summed E-state index contributed by atoms with van der Waals surface area (Å²) in [6.07, 6.45) is 7.36. The van der Waals surface area contributed by atoms with Crippen molar-refractivity contribution in [2.45, 2.75) is 90.5 Å². The van der Waals surface area contributed by atoms with Gasteiger partial charge in [0.15, 0.2) is 0 Å². The molecule has 8 bridgehead atoms. The SMILES string of the molecule is [Cu+2].c1ccc(CCSc2cc3c(cc2SCCc2ccccc2)-c2nc-3nc3[n-]c(nc4nc(nc5[n-]c(n2)c2cc(SCCc6ccccc6)c(SCCc6ccccc6)cc52)-c2cc(SCCc5ccccc5)c(SCCc5ccccc5)cc2-4)c2cc(SCCc4ccccc4)c(SCCc4ccccc4)cc32)cc1. The molecule has 15 aromatic rings. The Hall–Kier alpha value is -8.68. The topological polar surface area (TPSA) is 106 Å². The Labute approximate surface area is 706 Å². The van der Waals surface area contributed by atoms with Crippen molar-refractivity contribution in [3.05, 3.63) is 336 Å². The third-order valence-electron chi connectivity index (χ3n) is 19.9. The minimum Gasteiger partial charge on any atom is -0.357 e. The van der Waals surface area contributed by atoms with Crippen LogP contribution in [0.25, 0.3) is 89.7 Å². The summed E-state index contributed by atoms with van der Waals surface area (Å²) in [4.78, 5) is 55.2. The van der Waals surface area contributed by atoms with Crippen LogP contribution in [-0.4, -0.2) is 75.9 Å². The fraction of sp³-hybridized carbons (Fsp3) is 0.167. The van der Waals surface area contributed by atoms with Gasteiger partial charge < -0.3 is 29.9 Å². The fourth-order valence-corrected chi connectivity index (χ4v) is 23.1. The van der Waals surface area contributed by atoms with Crippen molar-refractivity contribution in [3.63, 3.8) is 0 Å². The molecule has 17 rings (SSSR count). The van der Waals surface area contributed by atoms with Crippen molar-refractivity contribution >= 4 is 138 Å². The van der Waals surface area contributed by atoms with Gasteiger partial charge in [-0.05, 0) is 166 Å². The second-order valence-corrected chi connectivity index (χ2v) is 36.6. The summed E-state index contributed by atoms with van der Waals surface area (Å²) < 4.78 is 0. The molecule has 8 nitrogen and oxygen atoms in total. The summed E-state index contributed by atoms with van der Waals surface area (Å²) in [5.41, 5.74) is 16.2. The molecule has 1 radical (unpaired) electrons. The van der Waals surface area contributed by atoms with Crippen LogP contribution in [0.2, 0.25) is 0 Å². The van der Waals surface area contributed by atoms with Crippen molar-refractivity contribution in [1.82, 2.24) is 39.9 Å². The zero-order chi connectivity index (χ0) is 75.0. The number of hydrogen-bond acceptors (Lipinski definition) is 14. The minimum atomic E-state index is 0. The summed E-state index contributed by atoms with van der Waals surface area (Å²) in [7, 11) is 0. The van der Waals surface area contributed by atoms with Crippen LogP contribution < -0.4 is 9.97 Å². The van der Waals surface area contributed by atoms with Crippen LogP contribution >= 0.6 is 94.1 Å². The smallest absolute Gasteiger partial charge is 0.357 e. The fourth-order valence-electron chi connectivity index (χ4n) is 14.0. The summed E-state index contributed by atoms with van der Waals surface area (Å²) in [6.45, 7) is 0.